The van der Waals surface area contributed by atoms with Crippen LogP contribution in [0.15, 0.2) is 36.4 Å². The zero-order valence-corrected chi connectivity index (χ0v) is 14.4. The van der Waals surface area contributed by atoms with Crippen molar-refractivity contribution in [2.45, 2.75) is 32.0 Å². The lowest BCUT2D eigenvalue weighted by molar-refractivity contribution is -0.112. The van der Waals surface area contributed by atoms with E-state index < -0.39 is 11.6 Å². The molecule has 2 aromatic carbocycles. The van der Waals surface area contributed by atoms with E-state index in [0.29, 0.717) is 23.0 Å². The highest BCUT2D eigenvalue weighted by molar-refractivity contribution is 6.31. The van der Waals surface area contributed by atoms with Crippen LogP contribution in [0.5, 0.6) is 5.75 Å². The van der Waals surface area contributed by atoms with Crippen LogP contribution in [0, 0.1) is 0 Å². The van der Waals surface area contributed by atoms with E-state index in [4.69, 9.17) is 27.8 Å². The third kappa shape index (κ3) is 2.70. The third-order valence-corrected chi connectivity index (χ3v) is 4.62. The molecule has 1 aliphatic heterocycles. The number of nitrogens with two attached hydrogens (primary N) is 2. The minimum atomic E-state index is -0.721. The van der Waals surface area contributed by atoms with Crippen molar-refractivity contribution in [1.29, 1.82) is 0 Å². The highest BCUT2D eigenvalue weighted by atomic mass is 35.5. The van der Waals surface area contributed by atoms with Crippen LogP contribution in [0.25, 0.3) is 0 Å². The van der Waals surface area contributed by atoms with Gasteiger partial charge in [-0.15, -0.1) is 0 Å². The Morgan fingerprint density at radius 2 is 2.04 bits per heavy atom. The van der Waals surface area contributed by atoms with Crippen LogP contribution in [-0.4, -0.2) is 17.9 Å². The number of benzene rings is 2. The number of nitrogen functional groups attached to an aromatic ring is 1. The first kappa shape index (κ1) is 16.6. The van der Waals surface area contributed by atoms with Gasteiger partial charge in [-0.25, -0.2) is 0 Å². The maximum absolute atomic E-state index is 11.8. The predicted octanol–water partition coefficient (Wildman–Crippen LogP) is 3.26. The Balaban J connectivity index is 2.19. The van der Waals surface area contributed by atoms with E-state index in [0.717, 1.165) is 23.2 Å². The molecule has 1 atom stereocenters. The summed E-state index contributed by atoms with van der Waals surface area (Å²) in [6, 6.07) is 10.5. The number of rotatable bonds is 3. The van der Waals surface area contributed by atoms with Gasteiger partial charge >= 0.3 is 0 Å². The molecule has 24 heavy (non-hydrogen) atoms. The minimum Gasteiger partial charge on any atom is -0.483 e. The number of aldehydes is 1. The quantitative estimate of drug-likeness (QED) is 0.659. The van der Waals surface area contributed by atoms with Crippen molar-refractivity contribution in [2.24, 2.45) is 5.73 Å². The molecule has 2 aromatic rings. The predicted molar refractivity (Wildman–Crippen MR) is 96.9 cm³/mol. The van der Waals surface area contributed by atoms with Crippen molar-refractivity contribution < 1.29 is 9.53 Å². The smallest absolute Gasteiger partial charge is 0.146 e. The molecule has 0 saturated heterocycles. The second-order valence-electron chi connectivity index (χ2n) is 6.36. The zero-order chi connectivity index (χ0) is 17.5. The molecule has 0 aliphatic carbocycles. The maximum Gasteiger partial charge on any atom is 0.146 e. The average molecular weight is 346 g/mol. The summed E-state index contributed by atoms with van der Waals surface area (Å²) in [7, 11) is 0. The molecule has 6 heteroatoms. The van der Waals surface area contributed by atoms with E-state index in [1.165, 1.54) is 0 Å². The van der Waals surface area contributed by atoms with Gasteiger partial charge in [-0.2, -0.15) is 0 Å². The molecule has 0 amide bonds. The van der Waals surface area contributed by atoms with Gasteiger partial charge in [0.25, 0.3) is 0 Å². The van der Waals surface area contributed by atoms with Crippen LogP contribution >= 0.6 is 11.6 Å². The molecular formula is C18H20ClN3O2. The molecule has 1 unspecified atom stereocenters. The van der Waals surface area contributed by atoms with Crippen molar-refractivity contribution in [1.82, 2.24) is 0 Å². The molecule has 0 fully saturated rings. The minimum absolute atomic E-state index is 0.359. The molecule has 0 aromatic heterocycles. The zero-order valence-electron chi connectivity index (χ0n) is 13.6. The Labute approximate surface area is 146 Å². The Morgan fingerprint density at radius 3 is 2.67 bits per heavy atom. The fraction of sp³-hybridized carbons (Fsp3) is 0.278. The number of fused-ring (bicyclic) bond motifs is 1. The summed E-state index contributed by atoms with van der Waals surface area (Å²) < 4.78 is 6.02. The molecule has 0 saturated carbocycles. The Bertz CT molecular complexity index is 792. The number of carbonyl (C=O) groups is 1. The molecule has 1 aliphatic rings. The van der Waals surface area contributed by atoms with Crippen molar-refractivity contribution in [3.8, 4) is 5.75 Å². The Morgan fingerprint density at radius 1 is 1.29 bits per heavy atom. The van der Waals surface area contributed by atoms with Crippen molar-refractivity contribution in [3.05, 3.63) is 47.0 Å². The SMILES string of the molecule is CC1(C)Oc2cc(N)ccc2N(c2ccc(CN)c(Cl)c2)C1C=O. The number of carbonyl (C=O) groups excluding carboxylic acids is 1. The molecule has 0 spiro atoms. The first-order valence-corrected chi connectivity index (χ1v) is 8.06. The number of halogens is 1. The molecule has 4 N–H and O–H groups in total. The van der Waals surface area contributed by atoms with E-state index in [1.807, 2.05) is 43.0 Å². The molecule has 126 valence electrons. The average Bonchev–Trinajstić information content (AvgIpc) is 2.52. The second-order valence-corrected chi connectivity index (χ2v) is 6.77. The van der Waals surface area contributed by atoms with Gasteiger partial charge in [0, 0.05) is 29.0 Å². The van der Waals surface area contributed by atoms with Crippen LogP contribution < -0.4 is 21.1 Å². The van der Waals surface area contributed by atoms with E-state index in [1.54, 1.807) is 12.1 Å². The van der Waals surface area contributed by atoms with Gasteiger partial charge in [0.15, 0.2) is 0 Å². The number of hydrogen-bond acceptors (Lipinski definition) is 5. The molecular weight excluding hydrogens is 326 g/mol. The van der Waals surface area contributed by atoms with E-state index >= 15 is 0 Å². The lowest BCUT2D eigenvalue weighted by atomic mass is 9.94. The summed E-state index contributed by atoms with van der Waals surface area (Å²) in [5.41, 5.74) is 13.9. The molecule has 5 nitrogen and oxygen atoms in total. The van der Waals surface area contributed by atoms with E-state index in [9.17, 15) is 4.79 Å². The fourth-order valence-electron chi connectivity index (χ4n) is 2.99. The van der Waals surface area contributed by atoms with Gasteiger partial charge in [0.05, 0.1) is 5.69 Å². The van der Waals surface area contributed by atoms with Crippen molar-refractivity contribution >= 4 is 34.9 Å². The fourth-order valence-corrected chi connectivity index (χ4v) is 3.24. The highest BCUT2D eigenvalue weighted by Crippen LogP contribution is 2.45. The van der Waals surface area contributed by atoms with Gasteiger partial charge in [-0.1, -0.05) is 17.7 Å². The highest BCUT2D eigenvalue weighted by Gasteiger charge is 2.42. The monoisotopic (exact) mass is 345 g/mol. The Kier molecular flexibility index (Phi) is 4.15. The number of ether oxygens (including phenoxy) is 1. The van der Waals surface area contributed by atoms with Crippen LogP contribution in [0.3, 0.4) is 0 Å². The Hall–Kier alpha value is -2.24. The lowest BCUT2D eigenvalue weighted by Gasteiger charge is -2.45. The van der Waals surface area contributed by atoms with E-state index in [2.05, 4.69) is 0 Å². The van der Waals surface area contributed by atoms with Crippen LogP contribution in [0.1, 0.15) is 19.4 Å². The summed E-state index contributed by atoms with van der Waals surface area (Å²) in [4.78, 5) is 13.8. The van der Waals surface area contributed by atoms with Crippen molar-refractivity contribution in [2.75, 3.05) is 10.6 Å². The molecule has 3 rings (SSSR count). The summed E-state index contributed by atoms with van der Waals surface area (Å²) in [6.07, 6.45) is 0.893. The summed E-state index contributed by atoms with van der Waals surface area (Å²) >= 11 is 6.32. The summed E-state index contributed by atoms with van der Waals surface area (Å²) in [5.74, 6) is 0.636. The number of nitrogens with zero attached hydrogens (tertiary/aromatic N) is 1. The maximum atomic E-state index is 11.8. The van der Waals surface area contributed by atoms with Gasteiger partial charge in [-0.3, -0.25) is 0 Å². The largest absolute Gasteiger partial charge is 0.483 e. The molecule has 0 bridgehead atoms. The first-order valence-electron chi connectivity index (χ1n) is 7.69. The first-order chi connectivity index (χ1) is 11.4. The van der Waals surface area contributed by atoms with Crippen LogP contribution in [0.2, 0.25) is 5.02 Å². The van der Waals surface area contributed by atoms with Gasteiger partial charge in [0.2, 0.25) is 0 Å². The summed E-state index contributed by atoms with van der Waals surface area (Å²) in [5, 5.41) is 0.570. The standard InChI is InChI=1S/C18H20ClN3O2/c1-18(2)17(10-23)22(13-5-3-11(9-20)14(19)8-13)15-6-4-12(21)7-16(15)24-18/h3-8,10,17H,9,20-21H2,1-2H3. The molecule has 0 radical (unpaired) electrons. The third-order valence-electron chi connectivity index (χ3n) is 4.27. The van der Waals surface area contributed by atoms with Gasteiger partial charge < -0.3 is 25.9 Å². The second kappa shape index (κ2) is 6.00. The van der Waals surface area contributed by atoms with E-state index in [-0.39, 0.29) is 0 Å². The molecule has 1 heterocycles. The normalized spacial score (nSPS) is 18.7. The summed E-state index contributed by atoms with van der Waals surface area (Å²) in [6.45, 7) is 4.11. The van der Waals surface area contributed by atoms with Gasteiger partial charge in [-0.05, 0) is 43.7 Å². The lowest BCUT2D eigenvalue weighted by Crippen LogP contribution is -2.55. The van der Waals surface area contributed by atoms with Crippen LogP contribution in [0.4, 0.5) is 17.1 Å². The van der Waals surface area contributed by atoms with Crippen LogP contribution in [-0.2, 0) is 11.3 Å². The van der Waals surface area contributed by atoms with Crippen molar-refractivity contribution in [3.63, 3.8) is 0 Å². The number of hydrogen-bond donors (Lipinski definition) is 2. The topological polar surface area (TPSA) is 81.6 Å². The number of anilines is 3. The van der Waals surface area contributed by atoms with Gasteiger partial charge in [0.1, 0.15) is 23.7 Å².